The van der Waals surface area contributed by atoms with Gasteiger partial charge in [-0.05, 0) is 11.5 Å². The Kier molecular flexibility index (Phi) is 5.79. The van der Waals surface area contributed by atoms with Crippen LogP contribution in [0.3, 0.4) is 0 Å². The molecule has 0 aromatic heterocycles. The molecule has 0 fully saturated rings. The van der Waals surface area contributed by atoms with Crippen molar-refractivity contribution in [3.8, 4) is 0 Å². The van der Waals surface area contributed by atoms with Gasteiger partial charge >= 0.3 is 0 Å². The van der Waals surface area contributed by atoms with Crippen molar-refractivity contribution in [2.24, 2.45) is 10.9 Å². The molecule has 0 bridgehead atoms. The fraction of sp³-hybridized carbons (Fsp3) is 0.208. The summed E-state index contributed by atoms with van der Waals surface area (Å²) in [4.78, 5) is 5.27. The molecule has 3 aromatic carbocycles. The van der Waals surface area contributed by atoms with Gasteiger partial charge in [-0.2, -0.15) is 0 Å². The Morgan fingerprint density at radius 3 is 1.60 bits per heavy atom. The topological polar surface area (TPSA) is 12.4 Å². The second-order valence-corrected chi connectivity index (χ2v) is 6.45. The van der Waals surface area contributed by atoms with Crippen LogP contribution in [0.4, 0.5) is 0 Å². The molecule has 3 rings (SSSR count). The minimum absolute atomic E-state index is 0.154. The van der Waals surface area contributed by atoms with Crippen LogP contribution in [0, 0.1) is 5.92 Å². The highest BCUT2D eigenvalue weighted by Crippen LogP contribution is 2.30. The van der Waals surface area contributed by atoms with Crippen molar-refractivity contribution in [2.45, 2.75) is 26.3 Å². The molecule has 0 N–H and O–H groups in total. The first-order valence-corrected chi connectivity index (χ1v) is 9.03. The van der Waals surface area contributed by atoms with Gasteiger partial charge in [-0.25, -0.2) is 0 Å². The molecule has 0 aliphatic rings. The second-order valence-electron chi connectivity index (χ2n) is 6.45. The minimum atomic E-state index is 0.154. The van der Waals surface area contributed by atoms with Gasteiger partial charge in [0.15, 0.2) is 0 Å². The van der Waals surface area contributed by atoms with Gasteiger partial charge < -0.3 is 0 Å². The Morgan fingerprint density at radius 1 is 0.720 bits per heavy atom. The highest BCUT2D eigenvalue weighted by Gasteiger charge is 2.19. The van der Waals surface area contributed by atoms with Crippen molar-refractivity contribution >= 4 is 5.71 Å². The lowest BCUT2D eigenvalue weighted by Crippen LogP contribution is -2.12. The molecule has 0 aliphatic heterocycles. The van der Waals surface area contributed by atoms with Crippen LogP contribution in [0.1, 0.15) is 43.0 Å². The van der Waals surface area contributed by atoms with Crippen LogP contribution in [-0.4, -0.2) is 5.71 Å². The quantitative estimate of drug-likeness (QED) is 0.470. The van der Waals surface area contributed by atoms with Crippen LogP contribution in [0.5, 0.6) is 0 Å². The monoisotopic (exact) mass is 327 g/mol. The summed E-state index contributed by atoms with van der Waals surface area (Å²) >= 11 is 0. The van der Waals surface area contributed by atoms with E-state index in [9.17, 15) is 0 Å². The molecular formula is C24H25N. The SMILES string of the molecule is CCC(C)C(N=C(c1ccccc1)c1ccccc1)c1ccccc1. The lowest BCUT2D eigenvalue weighted by molar-refractivity contribution is 0.459. The Balaban J connectivity index is 2.12. The summed E-state index contributed by atoms with van der Waals surface area (Å²) < 4.78 is 0. The molecule has 3 aromatic rings. The zero-order valence-corrected chi connectivity index (χ0v) is 15.0. The molecule has 0 saturated heterocycles. The van der Waals surface area contributed by atoms with Gasteiger partial charge in [-0.1, -0.05) is 111 Å². The minimum Gasteiger partial charge on any atom is -0.276 e. The van der Waals surface area contributed by atoms with E-state index in [0.717, 1.165) is 23.3 Å². The predicted octanol–water partition coefficient (Wildman–Crippen LogP) is 6.31. The number of hydrogen-bond donors (Lipinski definition) is 0. The maximum atomic E-state index is 5.27. The number of hydrogen-bond acceptors (Lipinski definition) is 1. The average Bonchev–Trinajstić information content (AvgIpc) is 2.70. The first kappa shape index (κ1) is 17.2. The normalized spacial score (nSPS) is 13.0. The molecule has 0 heterocycles. The van der Waals surface area contributed by atoms with Crippen molar-refractivity contribution in [2.75, 3.05) is 0 Å². The molecule has 0 spiro atoms. The summed E-state index contributed by atoms with van der Waals surface area (Å²) in [6.45, 7) is 4.52. The van der Waals surface area contributed by atoms with E-state index in [1.807, 2.05) is 0 Å². The van der Waals surface area contributed by atoms with Crippen molar-refractivity contribution in [3.05, 3.63) is 108 Å². The lowest BCUT2D eigenvalue weighted by atomic mass is 9.92. The van der Waals surface area contributed by atoms with E-state index < -0.39 is 0 Å². The third-order valence-corrected chi connectivity index (χ3v) is 4.69. The maximum absolute atomic E-state index is 5.27. The van der Waals surface area contributed by atoms with Crippen molar-refractivity contribution in [3.63, 3.8) is 0 Å². The number of aliphatic imine (C=N–C) groups is 1. The fourth-order valence-corrected chi connectivity index (χ4v) is 3.05. The maximum Gasteiger partial charge on any atom is 0.0782 e. The van der Waals surface area contributed by atoms with Gasteiger partial charge in [0.05, 0.1) is 11.8 Å². The van der Waals surface area contributed by atoms with Gasteiger partial charge in [-0.3, -0.25) is 4.99 Å². The van der Waals surface area contributed by atoms with Crippen molar-refractivity contribution in [1.29, 1.82) is 0 Å². The third kappa shape index (κ3) is 4.24. The summed E-state index contributed by atoms with van der Waals surface area (Å²) in [5.74, 6) is 0.477. The largest absolute Gasteiger partial charge is 0.276 e. The average molecular weight is 327 g/mol. The number of rotatable bonds is 6. The molecule has 0 aliphatic carbocycles. The van der Waals surface area contributed by atoms with Crippen LogP contribution >= 0.6 is 0 Å². The summed E-state index contributed by atoms with van der Waals surface area (Å²) in [7, 11) is 0. The molecule has 1 nitrogen and oxygen atoms in total. The van der Waals surface area contributed by atoms with E-state index in [1.165, 1.54) is 5.56 Å². The summed E-state index contributed by atoms with van der Waals surface area (Å²) in [5.41, 5.74) is 4.67. The molecule has 1 heteroatoms. The van der Waals surface area contributed by atoms with E-state index >= 15 is 0 Å². The van der Waals surface area contributed by atoms with E-state index in [-0.39, 0.29) is 6.04 Å². The van der Waals surface area contributed by atoms with Crippen LogP contribution in [0.15, 0.2) is 96.0 Å². The molecule has 2 unspecified atom stereocenters. The van der Waals surface area contributed by atoms with Crippen LogP contribution in [0.2, 0.25) is 0 Å². The smallest absolute Gasteiger partial charge is 0.0782 e. The molecule has 126 valence electrons. The Labute approximate surface area is 151 Å². The van der Waals surface area contributed by atoms with E-state index in [0.29, 0.717) is 5.92 Å². The first-order chi connectivity index (χ1) is 12.3. The Hall–Kier alpha value is -2.67. The van der Waals surface area contributed by atoms with E-state index in [4.69, 9.17) is 4.99 Å². The van der Waals surface area contributed by atoms with Crippen LogP contribution in [0.25, 0.3) is 0 Å². The summed E-state index contributed by atoms with van der Waals surface area (Å²) in [6, 6.07) is 31.8. The summed E-state index contributed by atoms with van der Waals surface area (Å²) in [6.07, 6.45) is 1.10. The van der Waals surface area contributed by atoms with Gasteiger partial charge in [0.2, 0.25) is 0 Å². The van der Waals surface area contributed by atoms with Gasteiger partial charge in [-0.15, -0.1) is 0 Å². The molecule has 0 radical (unpaired) electrons. The lowest BCUT2D eigenvalue weighted by Gasteiger charge is -2.22. The van der Waals surface area contributed by atoms with Gasteiger partial charge in [0.1, 0.15) is 0 Å². The van der Waals surface area contributed by atoms with Gasteiger partial charge in [0, 0.05) is 11.1 Å². The standard InChI is InChI=1S/C24H25N/c1-3-19(2)23(20-13-7-4-8-14-20)25-24(21-15-9-5-10-16-21)22-17-11-6-12-18-22/h4-19,23H,3H2,1-2H3. The van der Waals surface area contributed by atoms with Crippen molar-refractivity contribution in [1.82, 2.24) is 0 Å². The zero-order valence-electron chi connectivity index (χ0n) is 15.0. The zero-order chi connectivity index (χ0) is 17.5. The van der Waals surface area contributed by atoms with E-state index in [1.54, 1.807) is 0 Å². The predicted molar refractivity (Wildman–Crippen MR) is 107 cm³/mol. The highest BCUT2D eigenvalue weighted by molar-refractivity contribution is 6.13. The van der Waals surface area contributed by atoms with Gasteiger partial charge in [0.25, 0.3) is 0 Å². The Morgan fingerprint density at radius 2 is 1.16 bits per heavy atom. The number of benzene rings is 3. The number of nitrogens with zero attached hydrogens (tertiary/aromatic N) is 1. The first-order valence-electron chi connectivity index (χ1n) is 9.03. The fourth-order valence-electron chi connectivity index (χ4n) is 3.05. The van der Waals surface area contributed by atoms with E-state index in [2.05, 4.69) is 105 Å². The third-order valence-electron chi connectivity index (χ3n) is 4.69. The molecule has 0 saturated carbocycles. The highest BCUT2D eigenvalue weighted by atomic mass is 14.8. The molecular weight excluding hydrogens is 302 g/mol. The molecule has 2 atom stereocenters. The Bertz CT molecular complexity index is 750. The molecule has 25 heavy (non-hydrogen) atoms. The van der Waals surface area contributed by atoms with Crippen LogP contribution in [-0.2, 0) is 0 Å². The molecule has 0 amide bonds. The second kappa shape index (κ2) is 8.43. The van der Waals surface area contributed by atoms with Crippen molar-refractivity contribution < 1.29 is 0 Å². The van der Waals surface area contributed by atoms with Crippen LogP contribution < -0.4 is 0 Å². The summed E-state index contributed by atoms with van der Waals surface area (Å²) in [5, 5.41) is 0.